The highest BCUT2D eigenvalue weighted by Crippen LogP contribution is 2.21. The van der Waals surface area contributed by atoms with Gasteiger partial charge in [-0.15, -0.1) is 0 Å². The lowest BCUT2D eigenvalue weighted by Crippen LogP contribution is -2.09. The summed E-state index contributed by atoms with van der Waals surface area (Å²) in [7, 11) is 0. The third kappa shape index (κ3) is 6.00. The molecule has 0 rings (SSSR count). The van der Waals surface area contributed by atoms with Crippen LogP contribution in [0.25, 0.3) is 0 Å². The second kappa shape index (κ2) is 2.52. The van der Waals surface area contributed by atoms with Crippen molar-refractivity contribution in [2.24, 2.45) is 11.3 Å². The minimum absolute atomic E-state index is 0.334. The predicted octanol–water partition coefficient (Wildman–Crippen LogP) is 2.71. The zero-order valence-corrected chi connectivity index (χ0v) is 6.36. The molecule has 0 aliphatic carbocycles. The number of hydrogen-bond acceptors (Lipinski definition) is 0. The van der Waals surface area contributed by atoms with E-state index in [9.17, 15) is 0 Å². The summed E-state index contributed by atoms with van der Waals surface area (Å²) in [5.41, 5.74) is 0.334. The summed E-state index contributed by atoms with van der Waals surface area (Å²) in [6.45, 7) is 12.5. The van der Waals surface area contributed by atoms with Crippen LogP contribution in [-0.4, -0.2) is 0 Å². The summed E-state index contributed by atoms with van der Waals surface area (Å²) < 4.78 is 0. The van der Waals surface area contributed by atoms with Crippen LogP contribution in [0.1, 0.15) is 27.7 Å². The van der Waals surface area contributed by atoms with E-state index in [2.05, 4.69) is 41.0 Å². The fraction of sp³-hybridized carbons (Fsp3) is 0.750. The lowest BCUT2D eigenvalue weighted by atomic mass is 9.86. The van der Waals surface area contributed by atoms with Gasteiger partial charge >= 0.3 is 0 Å². The van der Waals surface area contributed by atoms with Gasteiger partial charge in [-0.3, -0.25) is 0 Å². The molecule has 0 amide bonds. The van der Waals surface area contributed by atoms with E-state index in [1.807, 2.05) is 0 Å². The molecule has 8 heavy (non-hydrogen) atoms. The van der Waals surface area contributed by atoms with Gasteiger partial charge < -0.3 is 0 Å². The normalized spacial score (nSPS) is 12.8. The first-order chi connectivity index (χ1) is 3.42. The van der Waals surface area contributed by atoms with E-state index < -0.39 is 0 Å². The van der Waals surface area contributed by atoms with Crippen LogP contribution in [0.4, 0.5) is 0 Å². The number of rotatable bonds is 1. The zero-order chi connectivity index (χ0) is 6.78. The third-order valence-corrected chi connectivity index (χ3v) is 0.785. The summed E-state index contributed by atoms with van der Waals surface area (Å²) in [6.07, 6.45) is 2.24. The molecule has 0 spiro atoms. The molecule has 0 aliphatic rings. The third-order valence-electron chi connectivity index (χ3n) is 0.785. The molecule has 1 atom stereocenters. The van der Waals surface area contributed by atoms with Gasteiger partial charge in [0.05, 0.1) is 0 Å². The summed E-state index contributed by atoms with van der Waals surface area (Å²) in [5.74, 6) is 0.468. The summed E-state index contributed by atoms with van der Waals surface area (Å²) in [6, 6.07) is 0. The van der Waals surface area contributed by atoms with Gasteiger partial charge in [-0.1, -0.05) is 34.6 Å². The van der Waals surface area contributed by atoms with E-state index in [4.69, 9.17) is 0 Å². The minimum Gasteiger partial charge on any atom is -0.0622 e. The standard InChI is InChI=1S/C8H16/c1-7(2)6-8(3,4)5/h6-7H,1H2,2-5H3. The van der Waals surface area contributed by atoms with E-state index in [0.717, 1.165) is 0 Å². The van der Waals surface area contributed by atoms with Crippen molar-refractivity contribution in [3.05, 3.63) is 13.3 Å². The van der Waals surface area contributed by atoms with Gasteiger partial charge in [0.15, 0.2) is 0 Å². The zero-order valence-electron chi connectivity index (χ0n) is 6.36. The molecule has 0 bridgehead atoms. The Morgan fingerprint density at radius 1 is 1.38 bits per heavy atom. The van der Waals surface area contributed by atoms with Gasteiger partial charge in [-0.2, -0.15) is 0 Å². The smallest absolute Gasteiger partial charge is 0.0304 e. The van der Waals surface area contributed by atoms with Crippen molar-refractivity contribution in [2.45, 2.75) is 27.7 Å². The van der Waals surface area contributed by atoms with E-state index in [-0.39, 0.29) is 0 Å². The van der Waals surface area contributed by atoms with Crippen LogP contribution in [-0.2, 0) is 0 Å². The largest absolute Gasteiger partial charge is 0.0622 e. The molecule has 0 heterocycles. The molecule has 48 valence electrons. The van der Waals surface area contributed by atoms with Crippen LogP contribution in [0.5, 0.6) is 0 Å². The Balaban J connectivity index is 3.39. The van der Waals surface area contributed by atoms with E-state index >= 15 is 0 Å². The van der Waals surface area contributed by atoms with Crippen LogP contribution >= 0.6 is 0 Å². The van der Waals surface area contributed by atoms with Crippen molar-refractivity contribution in [2.75, 3.05) is 0 Å². The maximum Gasteiger partial charge on any atom is -0.0304 e. The van der Waals surface area contributed by atoms with Crippen molar-refractivity contribution in [3.63, 3.8) is 0 Å². The topological polar surface area (TPSA) is 0 Å². The molecule has 0 aromatic rings. The van der Waals surface area contributed by atoms with Crippen molar-refractivity contribution < 1.29 is 0 Å². The quantitative estimate of drug-likeness (QED) is 0.489. The first-order valence-electron chi connectivity index (χ1n) is 3.11. The Bertz CT molecular complexity index is 54.9. The highest BCUT2D eigenvalue weighted by molar-refractivity contribution is 4.85. The number of hydrogen-bond donors (Lipinski definition) is 0. The lowest BCUT2D eigenvalue weighted by Gasteiger charge is -2.19. The Labute approximate surface area is 53.3 Å². The monoisotopic (exact) mass is 112 g/mol. The second-order valence-electron chi connectivity index (χ2n) is 3.51. The first kappa shape index (κ1) is 8.00. The van der Waals surface area contributed by atoms with Gasteiger partial charge in [0.2, 0.25) is 0 Å². The molecule has 0 saturated heterocycles. The van der Waals surface area contributed by atoms with E-state index in [0.29, 0.717) is 11.3 Å². The maximum absolute atomic E-state index is 3.87. The first-order valence-corrected chi connectivity index (χ1v) is 3.11. The Morgan fingerprint density at radius 3 is 1.75 bits per heavy atom. The summed E-state index contributed by atoms with van der Waals surface area (Å²) >= 11 is 0. The molecular weight excluding hydrogens is 96.1 g/mol. The lowest BCUT2D eigenvalue weighted by molar-refractivity contribution is 0.451. The van der Waals surface area contributed by atoms with Crippen molar-refractivity contribution in [1.82, 2.24) is 0 Å². The van der Waals surface area contributed by atoms with E-state index in [1.165, 1.54) is 0 Å². The fourth-order valence-corrected chi connectivity index (χ4v) is 0.854. The predicted molar refractivity (Wildman–Crippen MR) is 38.3 cm³/mol. The Morgan fingerprint density at radius 2 is 1.75 bits per heavy atom. The average molecular weight is 112 g/mol. The Kier molecular flexibility index (Phi) is 2.52. The van der Waals surface area contributed by atoms with Gasteiger partial charge in [0, 0.05) is 0 Å². The highest BCUT2D eigenvalue weighted by atomic mass is 14.2. The second-order valence-corrected chi connectivity index (χ2v) is 3.51. The van der Waals surface area contributed by atoms with Crippen molar-refractivity contribution in [3.8, 4) is 0 Å². The average Bonchev–Trinajstić information content (AvgIpc) is 1.21. The minimum atomic E-state index is 0.334. The SMILES string of the molecule is [CH2]C(C)[CH]C(C)(C)C. The molecule has 0 fully saturated rings. The van der Waals surface area contributed by atoms with Crippen LogP contribution in [0, 0.1) is 24.7 Å². The van der Waals surface area contributed by atoms with Gasteiger partial charge in [-0.05, 0) is 17.8 Å². The molecule has 0 heteroatoms. The van der Waals surface area contributed by atoms with Gasteiger partial charge in [0.25, 0.3) is 0 Å². The molecule has 2 radical (unpaired) electrons. The van der Waals surface area contributed by atoms with Crippen molar-refractivity contribution in [1.29, 1.82) is 0 Å². The molecule has 0 aliphatic heterocycles. The molecule has 0 aromatic carbocycles. The molecule has 0 aromatic heterocycles. The Hall–Kier alpha value is 0. The van der Waals surface area contributed by atoms with Crippen LogP contribution in [0.15, 0.2) is 0 Å². The van der Waals surface area contributed by atoms with Crippen LogP contribution < -0.4 is 0 Å². The molecule has 0 N–H and O–H groups in total. The molecule has 1 unspecified atom stereocenters. The van der Waals surface area contributed by atoms with Crippen LogP contribution in [0.3, 0.4) is 0 Å². The van der Waals surface area contributed by atoms with Crippen LogP contribution in [0.2, 0.25) is 0 Å². The van der Waals surface area contributed by atoms with Gasteiger partial charge in [-0.25, -0.2) is 0 Å². The molecule has 0 saturated carbocycles. The van der Waals surface area contributed by atoms with Gasteiger partial charge in [0.1, 0.15) is 0 Å². The molecular formula is C8H16. The van der Waals surface area contributed by atoms with Crippen molar-refractivity contribution >= 4 is 0 Å². The maximum atomic E-state index is 3.87. The summed E-state index contributed by atoms with van der Waals surface area (Å²) in [5, 5.41) is 0. The molecule has 0 nitrogen and oxygen atoms in total. The van der Waals surface area contributed by atoms with E-state index in [1.54, 1.807) is 0 Å². The summed E-state index contributed by atoms with van der Waals surface area (Å²) in [4.78, 5) is 0. The fourth-order valence-electron chi connectivity index (χ4n) is 0.854. The highest BCUT2D eigenvalue weighted by Gasteiger charge is 2.11.